The van der Waals surface area contributed by atoms with Gasteiger partial charge in [-0.15, -0.1) is 0 Å². The highest BCUT2D eigenvalue weighted by molar-refractivity contribution is 6.30. The molecule has 1 aromatic rings. The van der Waals surface area contributed by atoms with Crippen molar-refractivity contribution in [2.45, 2.75) is 25.7 Å². The van der Waals surface area contributed by atoms with E-state index in [4.69, 9.17) is 11.6 Å². The summed E-state index contributed by atoms with van der Waals surface area (Å²) in [6.07, 6.45) is 5.10. The largest absolute Gasteiger partial charge is 0.368 e. The SMILES string of the molecule is O=C([C@H]1C[C@@H]2CC[C@@H]1C2)N1CCN(c2ccc(Cl)cc2)CC1. The van der Waals surface area contributed by atoms with Crippen LogP contribution in [0.2, 0.25) is 5.02 Å². The molecule has 118 valence electrons. The van der Waals surface area contributed by atoms with Gasteiger partial charge in [-0.25, -0.2) is 0 Å². The summed E-state index contributed by atoms with van der Waals surface area (Å²) >= 11 is 5.95. The second-order valence-electron chi connectivity index (χ2n) is 7.07. The number of hydrogen-bond donors (Lipinski definition) is 0. The van der Waals surface area contributed by atoms with Gasteiger partial charge in [-0.05, 0) is 55.4 Å². The Hall–Kier alpha value is -1.22. The summed E-state index contributed by atoms with van der Waals surface area (Å²) in [4.78, 5) is 17.2. The van der Waals surface area contributed by atoms with Crippen molar-refractivity contribution in [2.75, 3.05) is 31.1 Å². The minimum absolute atomic E-state index is 0.334. The zero-order chi connectivity index (χ0) is 15.1. The fourth-order valence-corrected chi connectivity index (χ4v) is 4.74. The Morgan fingerprint density at radius 1 is 1.00 bits per heavy atom. The molecule has 0 N–H and O–H groups in total. The Morgan fingerprint density at radius 3 is 2.32 bits per heavy atom. The van der Waals surface area contributed by atoms with Crippen LogP contribution in [0.3, 0.4) is 0 Å². The lowest BCUT2D eigenvalue weighted by Crippen LogP contribution is -2.51. The number of halogens is 1. The first-order valence-corrected chi connectivity index (χ1v) is 8.88. The summed E-state index contributed by atoms with van der Waals surface area (Å²) in [6.45, 7) is 3.56. The number of piperazine rings is 1. The molecule has 0 radical (unpaired) electrons. The number of benzene rings is 1. The molecule has 1 aliphatic heterocycles. The first-order valence-electron chi connectivity index (χ1n) is 8.50. The Kier molecular flexibility index (Phi) is 3.77. The molecule has 3 nitrogen and oxygen atoms in total. The van der Waals surface area contributed by atoms with E-state index in [9.17, 15) is 4.79 Å². The minimum atomic E-state index is 0.334. The summed E-state index contributed by atoms with van der Waals surface area (Å²) in [6, 6.07) is 8.00. The van der Waals surface area contributed by atoms with Crippen LogP contribution in [-0.4, -0.2) is 37.0 Å². The molecule has 2 bridgehead atoms. The van der Waals surface area contributed by atoms with Crippen molar-refractivity contribution in [3.63, 3.8) is 0 Å². The highest BCUT2D eigenvalue weighted by atomic mass is 35.5. The third-order valence-electron chi connectivity index (χ3n) is 5.84. The normalized spacial score (nSPS) is 30.9. The number of amides is 1. The van der Waals surface area contributed by atoms with Crippen LogP contribution in [0.4, 0.5) is 5.69 Å². The van der Waals surface area contributed by atoms with E-state index in [0.717, 1.165) is 43.5 Å². The van der Waals surface area contributed by atoms with Crippen LogP contribution in [0.1, 0.15) is 25.7 Å². The van der Waals surface area contributed by atoms with Crippen LogP contribution in [0, 0.1) is 17.8 Å². The molecule has 1 amide bonds. The molecule has 3 aliphatic rings. The van der Waals surface area contributed by atoms with E-state index in [0.29, 0.717) is 17.7 Å². The van der Waals surface area contributed by atoms with Crippen molar-refractivity contribution < 1.29 is 4.79 Å². The molecule has 0 unspecified atom stereocenters. The maximum atomic E-state index is 12.8. The van der Waals surface area contributed by atoms with Gasteiger partial charge in [0.2, 0.25) is 5.91 Å². The van der Waals surface area contributed by atoms with Crippen molar-refractivity contribution in [2.24, 2.45) is 17.8 Å². The quantitative estimate of drug-likeness (QED) is 0.834. The predicted molar refractivity (Wildman–Crippen MR) is 89.2 cm³/mol. The number of hydrogen-bond acceptors (Lipinski definition) is 2. The van der Waals surface area contributed by atoms with Gasteiger partial charge < -0.3 is 9.80 Å². The standard InChI is InChI=1S/C18H23ClN2O/c19-15-3-5-16(6-4-15)20-7-9-21(10-8-20)18(22)17-12-13-1-2-14(17)11-13/h3-6,13-14,17H,1-2,7-12H2/t13-,14-,17+/m1/s1. The molecule has 0 spiro atoms. The fourth-order valence-electron chi connectivity index (χ4n) is 4.62. The van der Waals surface area contributed by atoms with Gasteiger partial charge in [0.25, 0.3) is 0 Å². The Bertz CT molecular complexity index is 551. The van der Waals surface area contributed by atoms with Crippen LogP contribution in [0.5, 0.6) is 0 Å². The summed E-state index contributed by atoms with van der Waals surface area (Å²) in [5.41, 5.74) is 1.21. The van der Waals surface area contributed by atoms with Gasteiger partial charge in [-0.1, -0.05) is 18.0 Å². The summed E-state index contributed by atoms with van der Waals surface area (Å²) in [5.74, 6) is 2.30. The summed E-state index contributed by atoms with van der Waals surface area (Å²) < 4.78 is 0. The van der Waals surface area contributed by atoms with E-state index in [1.807, 2.05) is 12.1 Å². The molecular weight excluding hydrogens is 296 g/mol. The Balaban J connectivity index is 1.35. The minimum Gasteiger partial charge on any atom is -0.368 e. The van der Waals surface area contributed by atoms with E-state index in [1.165, 1.54) is 24.9 Å². The molecule has 1 aromatic carbocycles. The number of fused-ring (bicyclic) bond motifs is 2. The highest BCUT2D eigenvalue weighted by Gasteiger charge is 2.44. The van der Waals surface area contributed by atoms with Gasteiger partial charge in [-0.3, -0.25) is 4.79 Å². The van der Waals surface area contributed by atoms with E-state index >= 15 is 0 Å². The lowest BCUT2D eigenvalue weighted by atomic mass is 9.87. The highest BCUT2D eigenvalue weighted by Crippen LogP contribution is 2.48. The van der Waals surface area contributed by atoms with Crippen molar-refractivity contribution in [3.05, 3.63) is 29.3 Å². The van der Waals surface area contributed by atoms with Crippen molar-refractivity contribution in [1.82, 2.24) is 4.90 Å². The second kappa shape index (κ2) is 5.77. The molecule has 0 aromatic heterocycles. The third kappa shape index (κ3) is 2.60. The number of carbonyl (C=O) groups is 1. The molecule has 3 fully saturated rings. The Morgan fingerprint density at radius 2 is 1.73 bits per heavy atom. The van der Waals surface area contributed by atoms with Gasteiger partial charge in [0.1, 0.15) is 0 Å². The van der Waals surface area contributed by atoms with E-state index in [1.54, 1.807) is 0 Å². The van der Waals surface area contributed by atoms with Gasteiger partial charge in [0.15, 0.2) is 0 Å². The van der Waals surface area contributed by atoms with Crippen LogP contribution >= 0.6 is 11.6 Å². The molecule has 2 saturated carbocycles. The topological polar surface area (TPSA) is 23.6 Å². The molecule has 2 aliphatic carbocycles. The fraction of sp³-hybridized carbons (Fsp3) is 0.611. The van der Waals surface area contributed by atoms with Gasteiger partial charge in [0, 0.05) is 42.8 Å². The second-order valence-corrected chi connectivity index (χ2v) is 7.51. The molecule has 1 saturated heterocycles. The zero-order valence-electron chi connectivity index (χ0n) is 12.9. The van der Waals surface area contributed by atoms with Crippen molar-refractivity contribution in [3.8, 4) is 0 Å². The maximum Gasteiger partial charge on any atom is 0.226 e. The molecule has 3 atom stereocenters. The first-order chi connectivity index (χ1) is 10.7. The smallest absolute Gasteiger partial charge is 0.226 e. The predicted octanol–water partition coefficient (Wildman–Crippen LogP) is 3.42. The molecule has 4 rings (SSSR count). The van der Waals surface area contributed by atoms with Crippen molar-refractivity contribution >= 4 is 23.2 Å². The summed E-state index contributed by atoms with van der Waals surface area (Å²) in [5, 5.41) is 0.772. The van der Waals surface area contributed by atoms with Gasteiger partial charge in [0.05, 0.1) is 0 Å². The van der Waals surface area contributed by atoms with E-state index in [-0.39, 0.29) is 0 Å². The number of carbonyl (C=O) groups excluding carboxylic acids is 1. The van der Waals surface area contributed by atoms with E-state index in [2.05, 4.69) is 21.9 Å². The van der Waals surface area contributed by atoms with Gasteiger partial charge in [-0.2, -0.15) is 0 Å². The monoisotopic (exact) mass is 318 g/mol. The average molecular weight is 319 g/mol. The average Bonchev–Trinajstić information content (AvgIpc) is 3.18. The van der Waals surface area contributed by atoms with E-state index < -0.39 is 0 Å². The molecule has 22 heavy (non-hydrogen) atoms. The lowest BCUT2D eigenvalue weighted by Gasteiger charge is -2.38. The molecule has 1 heterocycles. The van der Waals surface area contributed by atoms with Crippen molar-refractivity contribution in [1.29, 1.82) is 0 Å². The molecular formula is C18H23ClN2O. The van der Waals surface area contributed by atoms with Gasteiger partial charge >= 0.3 is 0 Å². The number of anilines is 1. The number of rotatable bonds is 2. The van der Waals surface area contributed by atoms with Crippen LogP contribution < -0.4 is 4.90 Å². The van der Waals surface area contributed by atoms with Crippen LogP contribution in [-0.2, 0) is 4.79 Å². The Labute approximate surface area is 137 Å². The van der Waals surface area contributed by atoms with Crippen LogP contribution in [0.25, 0.3) is 0 Å². The summed E-state index contributed by atoms with van der Waals surface area (Å²) in [7, 11) is 0. The lowest BCUT2D eigenvalue weighted by molar-refractivity contribution is -0.137. The molecule has 4 heteroatoms. The maximum absolute atomic E-state index is 12.8. The zero-order valence-corrected chi connectivity index (χ0v) is 13.6. The first kappa shape index (κ1) is 14.4. The third-order valence-corrected chi connectivity index (χ3v) is 6.09. The number of nitrogens with zero attached hydrogens (tertiary/aromatic N) is 2. The van der Waals surface area contributed by atoms with Crippen LogP contribution in [0.15, 0.2) is 24.3 Å².